The van der Waals surface area contributed by atoms with E-state index in [2.05, 4.69) is 17.0 Å². The quantitative estimate of drug-likeness (QED) is 0.885. The van der Waals surface area contributed by atoms with Crippen LogP contribution >= 0.6 is 11.6 Å². The zero-order valence-corrected chi connectivity index (χ0v) is 11.7. The SMILES string of the molecule is NCCN(Cc1ccc(Cl)cc1)C1CCCCC1. The molecule has 1 aliphatic carbocycles. The normalized spacial score (nSPS) is 17.3. The van der Waals surface area contributed by atoms with E-state index >= 15 is 0 Å². The Morgan fingerprint density at radius 3 is 2.39 bits per heavy atom. The lowest BCUT2D eigenvalue weighted by molar-refractivity contribution is 0.152. The lowest BCUT2D eigenvalue weighted by Gasteiger charge is -2.34. The van der Waals surface area contributed by atoms with Gasteiger partial charge < -0.3 is 5.73 Å². The molecule has 1 aliphatic rings. The maximum atomic E-state index is 5.92. The number of rotatable bonds is 5. The maximum Gasteiger partial charge on any atom is 0.0406 e. The fourth-order valence-corrected chi connectivity index (χ4v) is 2.95. The van der Waals surface area contributed by atoms with Gasteiger partial charge in [-0.25, -0.2) is 0 Å². The van der Waals surface area contributed by atoms with E-state index in [9.17, 15) is 0 Å². The van der Waals surface area contributed by atoms with Gasteiger partial charge in [-0.3, -0.25) is 4.90 Å². The first-order chi connectivity index (χ1) is 8.79. The summed E-state index contributed by atoms with van der Waals surface area (Å²) in [6.45, 7) is 2.73. The van der Waals surface area contributed by atoms with E-state index in [-0.39, 0.29) is 0 Å². The Bertz CT molecular complexity index is 344. The molecule has 0 amide bonds. The first-order valence-electron chi connectivity index (χ1n) is 6.98. The van der Waals surface area contributed by atoms with Crippen molar-refractivity contribution < 1.29 is 0 Å². The summed E-state index contributed by atoms with van der Waals surface area (Å²) in [5, 5.41) is 0.807. The summed E-state index contributed by atoms with van der Waals surface area (Å²) in [5.74, 6) is 0. The number of hydrogen-bond donors (Lipinski definition) is 1. The van der Waals surface area contributed by atoms with E-state index in [0.717, 1.165) is 30.7 Å². The van der Waals surface area contributed by atoms with Crippen LogP contribution in [-0.4, -0.2) is 24.0 Å². The Kier molecular flexibility index (Phi) is 5.48. The summed E-state index contributed by atoms with van der Waals surface area (Å²) in [6, 6.07) is 8.90. The molecule has 0 aromatic heterocycles. The summed E-state index contributed by atoms with van der Waals surface area (Å²) < 4.78 is 0. The largest absolute Gasteiger partial charge is 0.329 e. The Hall–Kier alpha value is -0.570. The van der Waals surface area contributed by atoms with Crippen LogP contribution in [0.4, 0.5) is 0 Å². The van der Waals surface area contributed by atoms with Crippen molar-refractivity contribution in [1.82, 2.24) is 4.90 Å². The number of benzene rings is 1. The van der Waals surface area contributed by atoms with Gasteiger partial charge in [-0.15, -0.1) is 0 Å². The van der Waals surface area contributed by atoms with Gasteiger partial charge in [0.15, 0.2) is 0 Å². The molecular formula is C15H23ClN2. The van der Waals surface area contributed by atoms with Crippen molar-refractivity contribution in [3.63, 3.8) is 0 Å². The minimum Gasteiger partial charge on any atom is -0.329 e. The molecule has 1 aromatic carbocycles. The predicted octanol–water partition coefficient (Wildman–Crippen LogP) is 3.43. The van der Waals surface area contributed by atoms with Crippen LogP contribution in [0.15, 0.2) is 24.3 Å². The molecular weight excluding hydrogens is 244 g/mol. The molecule has 18 heavy (non-hydrogen) atoms. The van der Waals surface area contributed by atoms with E-state index in [1.54, 1.807) is 0 Å². The van der Waals surface area contributed by atoms with Crippen molar-refractivity contribution in [2.24, 2.45) is 5.73 Å². The van der Waals surface area contributed by atoms with E-state index in [1.807, 2.05) is 12.1 Å². The van der Waals surface area contributed by atoms with E-state index in [0.29, 0.717) is 0 Å². The van der Waals surface area contributed by atoms with E-state index in [1.165, 1.54) is 37.7 Å². The molecule has 0 spiro atoms. The van der Waals surface area contributed by atoms with Crippen molar-refractivity contribution >= 4 is 11.6 Å². The summed E-state index contributed by atoms with van der Waals surface area (Å²) >= 11 is 5.92. The van der Waals surface area contributed by atoms with Crippen molar-refractivity contribution in [2.75, 3.05) is 13.1 Å². The topological polar surface area (TPSA) is 29.3 Å². The van der Waals surface area contributed by atoms with Gasteiger partial charge in [0.25, 0.3) is 0 Å². The van der Waals surface area contributed by atoms with Crippen LogP contribution < -0.4 is 5.73 Å². The average Bonchev–Trinajstić information content (AvgIpc) is 2.42. The molecule has 2 rings (SSSR count). The van der Waals surface area contributed by atoms with Gasteiger partial charge in [-0.2, -0.15) is 0 Å². The van der Waals surface area contributed by atoms with Gasteiger partial charge in [0.1, 0.15) is 0 Å². The molecule has 1 saturated carbocycles. The zero-order valence-electron chi connectivity index (χ0n) is 10.9. The van der Waals surface area contributed by atoms with Crippen LogP contribution in [0.3, 0.4) is 0 Å². The summed E-state index contributed by atoms with van der Waals surface area (Å²) in [6.07, 6.45) is 6.79. The Balaban J connectivity index is 1.98. The van der Waals surface area contributed by atoms with Crippen LogP contribution in [-0.2, 0) is 6.54 Å². The smallest absolute Gasteiger partial charge is 0.0406 e. The van der Waals surface area contributed by atoms with Crippen LogP contribution in [0.1, 0.15) is 37.7 Å². The molecule has 0 radical (unpaired) electrons. The molecule has 1 fully saturated rings. The van der Waals surface area contributed by atoms with Gasteiger partial charge in [0.2, 0.25) is 0 Å². The first kappa shape index (κ1) is 13.9. The summed E-state index contributed by atoms with van der Waals surface area (Å²) in [7, 11) is 0. The molecule has 3 heteroatoms. The monoisotopic (exact) mass is 266 g/mol. The second-order valence-electron chi connectivity index (χ2n) is 5.18. The highest BCUT2D eigenvalue weighted by Gasteiger charge is 2.20. The van der Waals surface area contributed by atoms with Gasteiger partial charge in [0, 0.05) is 30.7 Å². The fraction of sp³-hybridized carbons (Fsp3) is 0.600. The Morgan fingerprint density at radius 1 is 1.11 bits per heavy atom. The minimum absolute atomic E-state index is 0.720. The third-order valence-corrected chi connectivity index (χ3v) is 4.06. The standard InChI is InChI=1S/C15H23ClN2/c16-14-8-6-13(7-9-14)12-18(11-10-17)15-4-2-1-3-5-15/h6-9,15H,1-5,10-12,17H2. The van der Waals surface area contributed by atoms with Gasteiger partial charge in [-0.05, 0) is 30.5 Å². The highest BCUT2D eigenvalue weighted by molar-refractivity contribution is 6.30. The van der Waals surface area contributed by atoms with Crippen LogP contribution in [0, 0.1) is 0 Å². The Labute approximate surface area is 115 Å². The molecule has 1 aromatic rings. The lowest BCUT2D eigenvalue weighted by atomic mass is 9.94. The van der Waals surface area contributed by atoms with Crippen molar-refractivity contribution in [1.29, 1.82) is 0 Å². The number of halogens is 1. The van der Waals surface area contributed by atoms with Gasteiger partial charge in [-0.1, -0.05) is 43.0 Å². The molecule has 100 valence electrons. The molecule has 2 N–H and O–H groups in total. The van der Waals surface area contributed by atoms with Crippen LogP contribution in [0.25, 0.3) is 0 Å². The Morgan fingerprint density at radius 2 is 1.78 bits per heavy atom. The van der Waals surface area contributed by atoms with Crippen LogP contribution in [0.5, 0.6) is 0 Å². The number of nitrogens with zero attached hydrogens (tertiary/aromatic N) is 1. The zero-order chi connectivity index (χ0) is 12.8. The van der Waals surface area contributed by atoms with Crippen LogP contribution in [0.2, 0.25) is 5.02 Å². The van der Waals surface area contributed by atoms with Crippen molar-refractivity contribution in [3.05, 3.63) is 34.9 Å². The van der Waals surface area contributed by atoms with Crippen molar-refractivity contribution in [3.8, 4) is 0 Å². The summed E-state index contributed by atoms with van der Waals surface area (Å²) in [4.78, 5) is 2.54. The lowest BCUT2D eigenvalue weighted by Crippen LogP contribution is -2.39. The fourth-order valence-electron chi connectivity index (χ4n) is 2.83. The second kappa shape index (κ2) is 7.13. The highest BCUT2D eigenvalue weighted by atomic mass is 35.5. The summed E-state index contributed by atoms with van der Waals surface area (Å²) in [5.41, 5.74) is 7.08. The third-order valence-electron chi connectivity index (χ3n) is 3.81. The van der Waals surface area contributed by atoms with E-state index in [4.69, 9.17) is 17.3 Å². The minimum atomic E-state index is 0.720. The predicted molar refractivity (Wildman–Crippen MR) is 77.8 cm³/mol. The third kappa shape index (κ3) is 3.98. The molecule has 0 heterocycles. The molecule has 0 bridgehead atoms. The molecule has 0 unspecified atom stereocenters. The van der Waals surface area contributed by atoms with Gasteiger partial charge in [0.05, 0.1) is 0 Å². The van der Waals surface area contributed by atoms with E-state index < -0.39 is 0 Å². The average molecular weight is 267 g/mol. The number of nitrogens with two attached hydrogens (primary N) is 1. The molecule has 0 aliphatic heterocycles. The number of hydrogen-bond acceptors (Lipinski definition) is 2. The highest BCUT2D eigenvalue weighted by Crippen LogP contribution is 2.24. The molecule has 2 nitrogen and oxygen atoms in total. The molecule has 0 saturated heterocycles. The van der Waals surface area contributed by atoms with Gasteiger partial charge >= 0.3 is 0 Å². The van der Waals surface area contributed by atoms with Crippen molar-refractivity contribution in [2.45, 2.75) is 44.7 Å². The first-order valence-corrected chi connectivity index (χ1v) is 7.36. The molecule has 0 atom stereocenters. The second-order valence-corrected chi connectivity index (χ2v) is 5.61. The maximum absolute atomic E-state index is 5.92.